The van der Waals surface area contributed by atoms with Crippen LogP contribution in [0.15, 0.2) is 48.0 Å². The molecule has 0 amide bonds. The number of ether oxygens (including phenoxy) is 4. The van der Waals surface area contributed by atoms with Gasteiger partial charge in [0.2, 0.25) is 0 Å². The third-order valence-corrected chi connectivity index (χ3v) is 4.41. The Morgan fingerprint density at radius 1 is 1.00 bits per heavy atom. The van der Waals surface area contributed by atoms with Crippen LogP contribution < -0.4 is 9.47 Å². The van der Waals surface area contributed by atoms with Gasteiger partial charge in [-0.05, 0) is 36.8 Å². The maximum Gasteiger partial charge on any atom is 0.348 e. The largest absolute Gasteiger partial charge is 0.490 e. The van der Waals surface area contributed by atoms with Gasteiger partial charge in [0.05, 0.1) is 6.61 Å². The van der Waals surface area contributed by atoms with Crippen LogP contribution in [0.5, 0.6) is 11.5 Å². The molecule has 1 saturated heterocycles. The Hall–Kier alpha value is -2.99. The van der Waals surface area contributed by atoms with Gasteiger partial charge >= 0.3 is 11.9 Å². The second-order valence-corrected chi connectivity index (χ2v) is 7.16. The fraction of sp³-hybridized carbons (Fsp3) is 0.273. The highest BCUT2D eigenvalue weighted by molar-refractivity contribution is 6.31. The molecule has 0 aliphatic carbocycles. The van der Waals surface area contributed by atoms with E-state index in [1.54, 1.807) is 24.3 Å². The molecule has 2 aromatic carbocycles. The smallest absolute Gasteiger partial charge is 0.348 e. The van der Waals surface area contributed by atoms with Crippen LogP contribution in [0.1, 0.15) is 31.9 Å². The lowest BCUT2D eigenvalue weighted by atomic mass is 10.1. The molecule has 0 atom stereocenters. The maximum absolute atomic E-state index is 12.1. The standard InChI is InChI=1S/C22H21ClO6/c1-4-26-19-12-14(11-16-20(24)28-22(2,3)29-21(16)25)9-10-18(19)27-13-15-7-5-6-8-17(15)23/h5-12H,4,13H2,1-3H3. The van der Waals surface area contributed by atoms with E-state index in [1.807, 2.05) is 25.1 Å². The van der Waals surface area contributed by atoms with Crippen molar-refractivity contribution in [1.82, 2.24) is 0 Å². The molecular weight excluding hydrogens is 396 g/mol. The molecule has 29 heavy (non-hydrogen) atoms. The molecule has 0 radical (unpaired) electrons. The first kappa shape index (κ1) is 20.7. The Balaban J connectivity index is 1.83. The van der Waals surface area contributed by atoms with Gasteiger partial charge in [0.15, 0.2) is 11.5 Å². The fourth-order valence-electron chi connectivity index (χ4n) is 2.72. The van der Waals surface area contributed by atoms with Crippen LogP contribution in [0.3, 0.4) is 0 Å². The Morgan fingerprint density at radius 2 is 1.69 bits per heavy atom. The number of esters is 2. The van der Waals surface area contributed by atoms with Gasteiger partial charge in [-0.25, -0.2) is 9.59 Å². The summed E-state index contributed by atoms with van der Waals surface area (Å²) in [5.41, 5.74) is 1.23. The Labute approximate surface area is 174 Å². The highest BCUT2D eigenvalue weighted by atomic mass is 35.5. The fourth-order valence-corrected chi connectivity index (χ4v) is 2.91. The number of rotatable bonds is 6. The van der Waals surface area contributed by atoms with Crippen LogP contribution in [-0.4, -0.2) is 24.3 Å². The summed E-state index contributed by atoms with van der Waals surface area (Å²) in [6, 6.07) is 12.5. The summed E-state index contributed by atoms with van der Waals surface area (Å²) in [5, 5.41) is 0.615. The Kier molecular flexibility index (Phi) is 6.13. The van der Waals surface area contributed by atoms with Gasteiger partial charge in [0.25, 0.3) is 5.79 Å². The molecule has 0 bridgehead atoms. The number of carbonyl (C=O) groups is 2. The molecule has 0 spiro atoms. The summed E-state index contributed by atoms with van der Waals surface area (Å²) < 4.78 is 21.7. The summed E-state index contributed by atoms with van der Waals surface area (Å²) >= 11 is 6.17. The molecule has 0 aromatic heterocycles. The van der Waals surface area contributed by atoms with Crippen LogP contribution in [0.4, 0.5) is 0 Å². The first-order chi connectivity index (χ1) is 13.8. The van der Waals surface area contributed by atoms with E-state index in [4.69, 9.17) is 30.5 Å². The lowest BCUT2D eigenvalue weighted by Crippen LogP contribution is -2.41. The minimum Gasteiger partial charge on any atom is -0.490 e. The molecule has 0 saturated carbocycles. The van der Waals surface area contributed by atoms with E-state index in [0.717, 1.165) is 5.56 Å². The lowest BCUT2D eigenvalue weighted by Gasteiger charge is -2.29. The SMILES string of the molecule is CCOc1cc(C=C2C(=O)OC(C)(C)OC2=O)ccc1OCc1ccccc1Cl. The summed E-state index contributed by atoms with van der Waals surface area (Å²) in [6.45, 7) is 5.53. The number of carbonyl (C=O) groups excluding carboxylic acids is 2. The molecular formula is C22H21ClO6. The monoisotopic (exact) mass is 416 g/mol. The lowest BCUT2D eigenvalue weighted by molar-refractivity contribution is -0.222. The maximum atomic E-state index is 12.1. The van der Waals surface area contributed by atoms with Crippen molar-refractivity contribution in [2.24, 2.45) is 0 Å². The van der Waals surface area contributed by atoms with E-state index in [2.05, 4.69) is 0 Å². The molecule has 1 fully saturated rings. The molecule has 1 aliphatic rings. The Morgan fingerprint density at radius 3 is 2.34 bits per heavy atom. The zero-order chi connectivity index (χ0) is 21.0. The van der Waals surface area contributed by atoms with E-state index in [9.17, 15) is 9.59 Å². The molecule has 0 N–H and O–H groups in total. The van der Waals surface area contributed by atoms with Gasteiger partial charge in [-0.2, -0.15) is 0 Å². The van der Waals surface area contributed by atoms with Crippen LogP contribution in [0.2, 0.25) is 5.02 Å². The minimum absolute atomic E-state index is 0.184. The van der Waals surface area contributed by atoms with Crippen molar-refractivity contribution in [2.75, 3.05) is 6.61 Å². The van der Waals surface area contributed by atoms with Gasteiger partial charge in [0.1, 0.15) is 12.2 Å². The van der Waals surface area contributed by atoms with Crippen molar-refractivity contribution in [3.63, 3.8) is 0 Å². The summed E-state index contributed by atoms with van der Waals surface area (Å²) in [5.74, 6) is -1.75. The van der Waals surface area contributed by atoms with Crippen LogP contribution in [0.25, 0.3) is 6.08 Å². The molecule has 1 heterocycles. The van der Waals surface area contributed by atoms with E-state index in [1.165, 1.54) is 19.9 Å². The van der Waals surface area contributed by atoms with Crippen molar-refractivity contribution < 1.29 is 28.5 Å². The Bertz CT molecular complexity index is 942. The molecule has 1 aliphatic heterocycles. The first-order valence-electron chi connectivity index (χ1n) is 9.10. The van der Waals surface area contributed by atoms with Crippen molar-refractivity contribution in [1.29, 1.82) is 0 Å². The van der Waals surface area contributed by atoms with Crippen LogP contribution in [-0.2, 0) is 25.7 Å². The first-order valence-corrected chi connectivity index (χ1v) is 9.48. The number of hydrogen-bond donors (Lipinski definition) is 0. The number of halogens is 1. The van der Waals surface area contributed by atoms with Gasteiger partial charge in [-0.1, -0.05) is 35.9 Å². The number of hydrogen-bond acceptors (Lipinski definition) is 6. The topological polar surface area (TPSA) is 71.1 Å². The van der Waals surface area contributed by atoms with Crippen molar-refractivity contribution in [3.8, 4) is 11.5 Å². The van der Waals surface area contributed by atoms with E-state index >= 15 is 0 Å². The molecule has 0 unspecified atom stereocenters. The summed E-state index contributed by atoms with van der Waals surface area (Å²) in [7, 11) is 0. The normalized spacial score (nSPS) is 15.4. The third-order valence-electron chi connectivity index (χ3n) is 4.04. The molecule has 7 heteroatoms. The molecule has 3 rings (SSSR count). The number of cyclic esters (lactones) is 2. The molecule has 152 valence electrons. The quantitative estimate of drug-likeness (QED) is 0.391. The summed E-state index contributed by atoms with van der Waals surface area (Å²) in [4.78, 5) is 24.3. The molecule has 6 nitrogen and oxygen atoms in total. The average Bonchev–Trinajstić information content (AvgIpc) is 2.65. The zero-order valence-electron chi connectivity index (χ0n) is 16.4. The van der Waals surface area contributed by atoms with Gasteiger partial charge in [-0.15, -0.1) is 0 Å². The zero-order valence-corrected chi connectivity index (χ0v) is 17.1. The van der Waals surface area contributed by atoms with Crippen molar-refractivity contribution in [3.05, 3.63) is 64.2 Å². The van der Waals surface area contributed by atoms with Crippen LogP contribution >= 0.6 is 11.6 Å². The third kappa shape index (κ3) is 5.09. The highest BCUT2D eigenvalue weighted by Crippen LogP contribution is 2.32. The second kappa shape index (κ2) is 8.57. The van der Waals surface area contributed by atoms with E-state index in [0.29, 0.717) is 28.7 Å². The van der Waals surface area contributed by atoms with Gasteiger partial charge < -0.3 is 18.9 Å². The van der Waals surface area contributed by atoms with Gasteiger partial charge in [-0.3, -0.25) is 0 Å². The average molecular weight is 417 g/mol. The number of benzene rings is 2. The van der Waals surface area contributed by atoms with Crippen molar-refractivity contribution >= 4 is 29.6 Å². The minimum atomic E-state index is -1.28. The van der Waals surface area contributed by atoms with Crippen LogP contribution in [0, 0.1) is 0 Å². The van der Waals surface area contributed by atoms with Crippen molar-refractivity contribution in [2.45, 2.75) is 33.2 Å². The van der Waals surface area contributed by atoms with Gasteiger partial charge in [0, 0.05) is 24.4 Å². The second-order valence-electron chi connectivity index (χ2n) is 6.76. The van der Waals surface area contributed by atoms with E-state index < -0.39 is 17.7 Å². The molecule has 2 aromatic rings. The summed E-state index contributed by atoms with van der Waals surface area (Å²) in [6.07, 6.45) is 1.40. The van der Waals surface area contributed by atoms with E-state index in [-0.39, 0.29) is 12.2 Å². The highest BCUT2D eigenvalue weighted by Gasteiger charge is 2.38. The predicted octanol–water partition coefficient (Wildman–Crippen LogP) is 4.54. The predicted molar refractivity (Wildman–Crippen MR) is 108 cm³/mol.